The van der Waals surface area contributed by atoms with Crippen LogP contribution in [-0.2, 0) is 6.54 Å². The van der Waals surface area contributed by atoms with E-state index in [1.807, 2.05) is 12.4 Å². The summed E-state index contributed by atoms with van der Waals surface area (Å²) >= 11 is 0. The highest BCUT2D eigenvalue weighted by Crippen LogP contribution is 2.04. The molecule has 0 amide bonds. The monoisotopic (exact) mass is 193 g/mol. The van der Waals surface area contributed by atoms with Crippen molar-refractivity contribution in [3.05, 3.63) is 29.6 Å². The molecular weight excluding hydrogens is 174 g/mol. The van der Waals surface area contributed by atoms with Crippen molar-refractivity contribution in [2.75, 3.05) is 20.1 Å². The number of aryl methyl sites for hydroxylation is 1. The maximum absolute atomic E-state index is 5.46. The Kier molecular flexibility index (Phi) is 4.56. The van der Waals surface area contributed by atoms with Gasteiger partial charge in [-0.25, -0.2) is 0 Å². The van der Waals surface area contributed by atoms with Crippen molar-refractivity contribution in [1.29, 1.82) is 0 Å². The van der Waals surface area contributed by atoms with Gasteiger partial charge in [-0.2, -0.15) is 0 Å². The van der Waals surface area contributed by atoms with Crippen molar-refractivity contribution in [2.45, 2.75) is 19.9 Å². The number of nitrogens with zero attached hydrogens (tertiary/aromatic N) is 2. The highest BCUT2D eigenvalue weighted by atomic mass is 15.1. The molecule has 0 aliphatic carbocycles. The van der Waals surface area contributed by atoms with Crippen molar-refractivity contribution in [3.8, 4) is 0 Å². The van der Waals surface area contributed by atoms with Crippen LogP contribution in [0.3, 0.4) is 0 Å². The largest absolute Gasteiger partial charge is 0.330 e. The smallest absolute Gasteiger partial charge is 0.0313 e. The molecule has 1 aromatic heterocycles. The molecule has 0 saturated heterocycles. The van der Waals surface area contributed by atoms with Crippen molar-refractivity contribution in [3.63, 3.8) is 0 Å². The van der Waals surface area contributed by atoms with Crippen molar-refractivity contribution >= 4 is 0 Å². The Hall–Kier alpha value is -0.930. The van der Waals surface area contributed by atoms with E-state index < -0.39 is 0 Å². The van der Waals surface area contributed by atoms with Crippen LogP contribution in [0, 0.1) is 6.92 Å². The summed E-state index contributed by atoms with van der Waals surface area (Å²) in [5.41, 5.74) is 7.94. The summed E-state index contributed by atoms with van der Waals surface area (Å²) in [6, 6.07) is 2.17. The maximum atomic E-state index is 5.46. The van der Waals surface area contributed by atoms with Crippen LogP contribution in [0.2, 0.25) is 0 Å². The average molecular weight is 193 g/mol. The maximum Gasteiger partial charge on any atom is 0.0313 e. The highest BCUT2D eigenvalue weighted by molar-refractivity contribution is 5.16. The van der Waals surface area contributed by atoms with Crippen molar-refractivity contribution in [1.82, 2.24) is 9.88 Å². The second kappa shape index (κ2) is 5.73. The molecule has 3 heteroatoms. The first kappa shape index (κ1) is 11.1. The van der Waals surface area contributed by atoms with Gasteiger partial charge in [0.2, 0.25) is 0 Å². The lowest BCUT2D eigenvalue weighted by Gasteiger charge is -2.15. The van der Waals surface area contributed by atoms with Gasteiger partial charge in [0.1, 0.15) is 0 Å². The molecule has 0 aliphatic heterocycles. The first-order valence-corrected chi connectivity index (χ1v) is 5.01. The van der Waals surface area contributed by atoms with Crippen LogP contribution in [0.15, 0.2) is 18.5 Å². The lowest BCUT2D eigenvalue weighted by atomic mass is 10.2. The minimum atomic E-state index is 0.760. The van der Waals surface area contributed by atoms with Crippen LogP contribution in [0.1, 0.15) is 17.5 Å². The minimum Gasteiger partial charge on any atom is -0.330 e. The Morgan fingerprint density at radius 3 is 2.86 bits per heavy atom. The molecule has 0 radical (unpaired) electrons. The molecule has 14 heavy (non-hydrogen) atoms. The molecule has 0 unspecified atom stereocenters. The Morgan fingerprint density at radius 1 is 1.43 bits per heavy atom. The van der Waals surface area contributed by atoms with Crippen LogP contribution in [0.25, 0.3) is 0 Å². The average Bonchev–Trinajstić information content (AvgIpc) is 2.15. The van der Waals surface area contributed by atoms with Gasteiger partial charge in [-0.05, 0) is 44.6 Å². The quantitative estimate of drug-likeness (QED) is 0.763. The fourth-order valence-corrected chi connectivity index (χ4v) is 1.46. The first-order chi connectivity index (χ1) is 6.72. The van der Waals surface area contributed by atoms with E-state index in [0.717, 1.165) is 26.1 Å². The second-order valence-electron chi connectivity index (χ2n) is 3.75. The van der Waals surface area contributed by atoms with E-state index >= 15 is 0 Å². The van der Waals surface area contributed by atoms with Crippen LogP contribution in [-0.4, -0.2) is 30.0 Å². The van der Waals surface area contributed by atoms with Gasteiger partial charge in [-0.1, -0.05) is 6.07 Å². The fraction of sp³-hybridized carbons (Fsp3) is 0.545. The van der Waals surface area contributed by atoms with E-state index in [9.17, 15) is 0 Å². The fourth-order valence-electron chi connectivity index (χ4n) is 1.46. The molecule has 1 rings (SSSR count). The van der Waals surface area contributed by atoms with Crippen LogP contribution in [0.4, 0.5) is 0 Å². The summed E-state index contributed by atoms with van der Waals surface area (Å²) in [6.45, 7) is 4.83. The Bertz CT molecular complexity index is 273. The molecule has 2 N–H and O–H groups in total. The van der Waals surface area contributed by atoms with E-state index in [1.54, 1.807) is 0 Å². The molecule has 1 aromatic rings. The van der Waals surface area contributed by atoms with Crippen molar-refractivity contribution in [2.24, 2.45) is 5.73 Å². The lowest BCUT2D eigenvalue weighted by molar-refractivity contribution is 0.323. The van der Waals surface area contributed by atoms with Gasteiger partial charge in [0.05, 0.1) is 0 Å². The van der Waals surface area contributed by atoms with E-state index in [4.69, 9.17) is 5.73 Å². The van der Waals surface area contributed by atoms with Gasteiger partial charge >= 0.3 is 0 Å². The van der Waals surface area contributed by atoms with Gasteiger partial charge in [0.25, 0.3) is 0 Å². The van der Waals surface area contributed by atoms with Crippen molar-refractivity contribution < 1.29 is 0 Å². The van der Waals surface area contributed by atoms with Crippen LogP contribution >= 0.6 is 0 Å². The molecule has 0 saturated carbocycles. The predicted molar refractivity (Wildman–Crippen MR) is 59.0 cm³/mol. The molecule has 1 heterocycles. The van der Waals surface area contributed by atoms with Gasteiger partial charge in [0.15, 0.2) is 0 Å². The zero-order chi connectivity index (χ0) is 10.4. The molecule has 0 fully saturated rings. The number of nitrogens with two attached hydrogens (primary N) is 1. The van der Waals surface area contributed by atoms with Gasteiger partial charge in [0, 0.05) is 18.9 Å². The van der Waals surface area contributed by atoms with E-state index in [2.05, 4.69) is 29.9 Å². The third-order valence-electron chi connectivity index (χ3n) is 2.13. The number of aromatic nitrogens is 1. The van der Waals surface area contributed by atoms with E-state index in [-0.39, 0.29) is 0 Å². The first-order valence-electron chi connectivity index (χ1n) is 5.01. The Morgan fingerprint density at radius 2 is 2.21 bits per heavy atom. The zero-order valence-corrected chi connectivity index (χ0v) is 9.03. The number of pyridine rings is 1. The summed E-state index contributed by atoms with van der Waals surface area (Å²) in [4.78, 5) is 6.43. The standard InChI is InChI=1S/C11H19N3/c1-10-6-11(8-13-7-10)9-14(2)5-3-4-12/h6-8H,3-5,9,12H2,1-2H3. The highest BCUT2D eigenvalue weighted by Gasteiger charge is 1.99. The second-order valence-corrected chi connectivity index (χ2v) is 3.75. The summed E-state index contributed by atoms with van der Waals surface area (Å²) in [5.74, 6) is 0. The predicted octanol–water partition coefficient (Wildman–Crippen LogP) is 1.17. The normalized spacial score (nSPS) is 10.9. The minimum absolute atomic E-state index is 0.760. The summed E-state index contributed by atoms with van der Waals surface area (Å²) in [6.07, 6.45) is 4.85. The van der Waals surface area contributed by atoms with Gasteiger partial charge < -0.3 is 10.6 Å². The van der Waals surface area contributed by atoms with E-state index in [0.29, 0.717) is 0 Å². The summed E-state index contributed by atoms with van der Waals surface area (Å²) in [7, 11) is 2.11. The molecule has 78 valence electrons. The third-order valence-corrected chi connectivity index (χ3v) is 2.13. The molecule has 0 spiro atoms. The Balaban J connectivity index is 2.43. The number of hydrogen-bond donors (Lipinski definition) is 1. The SMILES string of the molecule is Cc1cncc(CN(C)CCCN)c1. The summed E-state index contributed by atoms with van der Waals surface area (Å²) in [5, 5.41) is 0. The lowest BCUT2D eigenvalue weighted by Crippen LogP contribution is -2.21. The molecule has 3 nitrogen and oxygen atoms in total. The summed E-state index contributed by atoms with van der Waals surface area (Å²) < 4.78 is 0. The van der Waals surface area contributed by atoms with Crippen LogP contribution in [0.5, 0.6) is 0 Å². The zero-order valence-electron chi connectivity index (χ0n) is 9.03. The molecule has 0 aliphatic rings. The number of rotatable bonds is 5. The van der Waals surface area contributed by atoms with Gasteiger partial charge in [-0.3, -0.25) is 4.98 Å². The van der Waals surface area contributed by atoms with Gasteiger partial charge in [-0.15, -0.1) is 0 Å². The van der Waals surface area contributed by atoms with E-state index in [1.165, 1.54) is 11.1 Å². The Labute approximate surface area is 85.9 Å². The molecular formula is C11H19N3. The topological polar surface area (TPSA) is 42.2 Å². The number of hydrogen-bond acceptors (Lipinski definition) is 3. The third kappa shape index (κ3) is 3.85. The molecule has 0 bridgehead atoms. The van der Waals surface area contributed by atoms with Crippen LogP contribution < -0.4 is 5.73 Å². The molecule has 0 aromatic carbocycles. The molecule has 0 atom stereocenters.